The normalized spacial score (nSPS) is 10.6. The van der Waals surface area contributed by atoms with E-state index in [-0.39, 0.29) is 5.91 Å². The third-order valence-corrected chi connectivity index (χ3v) is 3.77. The number of carbonyl (C=O) groups is 1. The summed E-state index contributed by atoms with van der Waals surface area (Å²) in [5.41, 5.74) is 1.87. The van der Waals surface area contributed by atoms with Crippen molar-refractivity contribution in [3.63, 3.8) is 0 Å². The number of halogens is 1. The number of rotatable bonds is 7. The predicted octanol–water partition coefficient (Wildman–Crippen LogP) is 3.92. The number of ether oxygens (including phenoxy) is 1. The number of hydrogen-bond acceptors (Lipinski definition) is 3. The second-order valence-corrected chi connectivity index (χ2v) is 6.19. The lowest BCUT2D eigenvalue weighted by Crippen LogP contribution is -2.30. The van der Waals surface area contributed by atoms with E-state index in [4.69, 9.17) is 4.74 Å². The fourth-order valence-electron chi connectivity index (χ4n) is 2.24. The molecule has 122 valence electrons. The Labute approximate surface area is 145 Å². The van der Waals surface area contributed by atoms with Gasteiger partial charge in [-0.05, 0) is 43.8 Å². The summed E-state index contributed by atoms with van der Waals surface area (Å²) in [7, 11) is 1.93. The smallest absolute Gasteiger partial charge is 0.238 e. The quantitative estimate of drug-likeness (QED) is 0.795. The Morgan fingerprint density at radius 3 is 2.57 bits per heavy atom. The summed E-state index contributed by atoms with van der Waals surface area (Å²) in [6, 6.07) is 15.6. The fraction of sp³-hybridized carbons (Fsp3) is 0.278. The lowest BCUT2D eigenvalue weighted by molar-refractivity contribution is -0.117. The van der Waals surface area contributed by atoms with Crippen LogP contribution in [0.15, 0.2) is 53.0 Å². The van der Waals surface area contributed by atoms with E-state index < -0.39 is 0 Å². The molecule has 0 aromatic heterocycles. The molecule has 2 aromatic carbocycles. The zero-order valence-electron chi connectivity index (χ0n) is 13.4. The fourth-order valence-corrected chi connectivity index (χ4v) is 2.51. The van der Waals surface area contributed by atoms with Crippen LogP contribution in [0.5, 0.6) is 5.75 Å². The van der Waals surface area contributed by atoms with E-state index in [1.54, 1.807) is 0 Å². The van der Waals surface area contributed by atoms with Crippen molar-refractivity contribution in [3.05, 3.63) is 58.6 Å². The molecule has 4 nitrogen and oxygen atoms in total. The molecule has 0 aliphatic carbocycles. The van der Waals surface area contributed by atoms with Gasteiger partial charge in [0.25, 0.3) is 0 Å². The molecule has 0 saturated carbocycles. The van der Waals surface area contributed by atoms with Crippen molar-refractivity contribution < 1.29 is 9.53 Å². The van der Waals surface area contributed by atoms with Crippen molar-refractivity contribution in [3.8, 4) is 5.75 Å². The minimum atomic E-state index is -0.0586. The Hall–Kier alpha value is -1.85. The van der Waals surface area contributed by atoms with E-state index in [0.717, 1.165) is 4.47 Å². The molecule has 2 aromatic rings. The van der Waals surface area contributed by atoms with Crippen LogP contribution in [0.3, 0.4) is 0 Å². The van der Waals surface area contributed by atoms with Gasteiger partial charge in [-0.2, -0.15) is 0 Å². The third-order valence-electron chi connectivity index (χ3n) is 3.24. The Bertz CT molecular complexity index is 644. The second-order valence-electron chi connectivity index (χ2n) is 5.28. The largest absolute Gasteiger partial charge is 0.492 e. The standard InChI is InChI=1S/C18H21BrN2O2/c1-3-23-17-7-5-4-6-16(17)20-18(22)13-21(2)12-14-8-10-15(19)11-9-14/h4-11H,3,12-13H2,1-2H3,(H,20,22). The number of nitrogens with one attached hydrogen (secondary N) is 1. The summed E-state index contributed by atoms with van der Waals surface area (Å²) in [6.45, 7) is 3.52. The van der Waals surface area contributed by atoms with Crippen LogP contribution in [0.4, 0.5) is 5.69 Å². The molecule has 0 radical (unpaired) electrons. The third kappa shape index (κ3) is 5.69. The number of benzene rings is 2. The first-order chi connectivity index (χ1) is 11.1. The second kappa shape index (κ2) is 8.70. The Kier molecular flexibility index (Phi) is 6.62. The zero-order valence-corrected chi connectivity index (χ0v) is 15.0. The van der Waals surface area contributed by atoms with Crippen molar-refractivity contribution in [1.29, 1.82) is 0 Å². The number of carbonyl (C=O) groups excluding carboxylic acids is 1. The van der Waals surface area contributed by atoms with E-state index in [9.17, 15) is 4.79 Å². The number of hydrogen-bond donors (Lipinski definition) is 1. The summed E-state index contributed by atoms with van der Waals surface area (Å²) < 4.78 is 6.57. The van der Waals surface area contributed by atoms with E-state index in [0.29, 0.717) is 31.1 Å². The molecule has 0 unspecified atom stereocenters. The van der Waals surface area contributed by atoms with Crippen molar-refractivity contribution in [1.82, 2.24) is 4.90 Å². The van der Waals surface area contributed by atoms with Gasteiger partial charge in [-0.15, -0.1) is 0 Å². The minimum absolute atomic E-state index is 0.0586. The Morgan fingerprint density at radius 1 is 1.17 bits per heavy atom. The highest BCUT2D eigenvalue weighted by Gasteiger charge is 2.10. The maximum Gasteiger partial charge on any atom is 0.238 e. The van der Waals surface area contributed by atoms with Gasteiger partial charge in [0, 0.05) is 11.0 Å². The van der Waals surface area contributed by atoms with E-state index in [2.05, 4.69) is 21.2 Å². The Balaban J connectivity index is 1.90. The molecule has 0 fully saturated rings. The summed E-state index contributed by atoms with van der Waals surface area (Å²) in [4.78, 5) is 14.2. The average molecular weight is 377 g/mol. The molecule has 0 aliphatic rings. The maximum absolute atomic E-state index is 12.2. The van der Waals surface area contributed by atoms with Crippen molar-refractivity contribution in [2.24, 2.45) is 0 Å². The van der Waals surface area contributed by atoms with Gasteiger partial charge in [-0.25, -0.2) is 0 Å². The first-order valence-electron chi connectivity index (χ1n) is 7.53. The van der Waals surface area contributed by atoms with Crippen molar-refractivity contribution >= 4 is 27.5 Å². The SMILES string of the molecule is CCOc1ccccc1NC(=O)CN(C)Cc1ccc(Br)cc1. The topological polar surface area (TPSA) is 41.6 Å². The number of para-hydroxylation sites is 2. The van der Waals surface area contributed by atoms with Gasteiger partial charge in [-0.1, -0.05) is 40.2 Å². The summed E-state index contributed by atoms with van der Waals surface area (Å²) in [6.07, 6.45) is 0. The summed E-state index contributed by atoms with van der Waals surface area (Å²) in [5, 5.41) is 2.91. The molecule has 23 heavy (non-hydrogen) atoms. The summed E-state index contributed by atoms with van der Waals surface area (Å²) >= 11 is 3.42. The Morgan fingerprint density at radius 2 is 1.87 bits per heavy atom. The van der Waals surface area contributed by atoms with Crippen LogP contribution in [-0.4, -0.2) is 31.0 Å². The van der Waals surface area contributed by atoms with Gasteiger partial charge >= 0.3 is 0 Å². The van der Waals surface area contributed by atoms with Gasteiger partial charge in [0.2, 0.25) is 5.91 Å². The molecule has 0 heterocycles. The van der Waals surface area contributed by atoms with Gasteiger partial charge in [0.15, 0.2) is 0 Å². The first kappa shape index (κ1) is 17.5. The highest BCUT2D eigenvalue weighted by Crippen LogP contribution is 2.23. The van der Waals surface area contributed by atoms with Gasteiger partial charge < -0.3 is 10.1 Å². The molecule has 0 bridgehead atoms. The van der Waals surface area contributed by atoms with Crippen molar-refractivity contribution in [2.45, 2.75) is 13.5 Å². The molecular formula is C18H21BrN2O2. The molecule has 0 atom stereocenters. The van der Waals surface area contributed by atoms with Gasteiger partial charge in [0.1, 0.15) is 5.75 Å². The predicted molar refractivity (Wildman–Crippen MR) is 96.7 cm³/mol. The van der Waals surface area contributed by atoms with E-state index in [1.807, 2.05) is 67.4 Å². The monoisotopic (exact) mass is 376 g/mol. The number of anilines is 1. The van der Waals surface area contributed by atoms with Crippen LogP contribution in [0, 0.1) is 0 Å². The van der Waals surface area contributed by atoms with Crippen LogP contribution in [0.25, 0.3) is 0 Å². The van der Waals surface area contributed by atoms with Crippen LogP contribution in [0.1, 0.15) is 12.5 Å². The molecule has 2 rings (SSSR count). The highest BCUT2D eigenvalue weighted by atomic mass is 79.9. The molecule has 1 N–H and O–H groups in total. The van der Waals surface area contributed by atoms with Crippen LogP contribution >= 0.6 is 15.9 Å². The average Bonchev–Trinajstić information content (AvgIpc) is 2.51. The van der Waals surface area contributed by atoms with Crippen LogP contribution < -0.4 is 10.1 Å². The molecule has 5 heteroatoms. The molecule has 1 amide bonds. The van der Waals surface area contributed by atoms with Gasteiger partial charge in [0.05, 0.1) is 18.8 Å². The number of likely N-dealkylation sites (N-methyl/N-ethyl adjacent to an activating group) is 1. The van der Waals surface area contributed by atoms with Gasteiger partial charge in [-0.3, -0.25) is 9.69 Å². The highest BCUT2D eigenvalue weighted by molar-refractivity contribution is 9.10. The maximum atomic E-state index is 12.2. The molecule has 0 aliphatic heterocycles. The number of amides is 1. The van der Waals surface area contributed by atoms with Crippen molar-refractivity contribution in [2.75, 3.05) is 25.5 Å². The number of nitrogens with zero attached hydrogens (tertiary/aromatic N) is 1. The van der Waals surface area contributed by atoms with E-state index >= 15 is 0 Å². The van der Waals surface area contributed by atoms with Crippen LogP contribution in [0.2, 0.25) is 0 Å². The molecular weight excluding hydrogens is 356 g/mol. The molecule has 0 spiro atoms. The van der Waals surface area contributed by atoms with Crippen LogP contribution in [-0.2, 0) is 11.3 Å². The minimum Gasteiger partial charge on any atom is -0.492 e. The lowest BCUT2D eigenvalue weighted by atomic mass is 10.2. The molecule has 0 saturated heterocycles. The van der Waals surface area contributed by atoms with E-state index in [1.165, 1.54) is 5.56 Å². The first-order valence-corrected chi connectivity index (χ1v) is 8.32. The lowest BCUT2D eigenvalue weighted by Gasteiger charge is -2.17. The summed E-state index contributed by atoms with van der Waals surface area (Å²) in [5.74, 6) is 0.635. The zero-order chi connectivity index (χ0) is 16.7.